The van der Waals surface area contributed by atoms with E-state index in [1.54, 1.807) is 14.2 Å². The number of piperidine rings is 1. The predicted octanol–water partition coefficient (Wildman–Crippen LogP) is 2.96. The van der Waals surface area contributed by atoms with Gasteiger partial charge in [-0.1, -0.05) is 6.92 Å². The summed E-state index contributed by atoms with van der Waals surface area (Å²) in [4.78, 5) is 21.4. The molecule has 0 aromatic carbocycles. The van der Waals surface area contributed by atoms with Crippen LogP contribution in [0.2, 0.25) is 0 Å². The molecule has 0 aromatic heterocycles. The summed E-state index contributed by atoms with van der Waals surface area (Å²) in [6, 6.07) is 0. The second-order valence-electron chi connectivity index (χ2n) is 9.83. The van der Waals surface area contributed by atoms with E-state index in [2.05, 4.69) is 34.6 Å². The molecule has 150 valence electrons. The molecule has 1 aliphatic carbocycles. The van der Waals surface area contributed by atoms with E-state index in [4.69, 9.17) is 14.3 Å². The molecular weight excluding hydrogens is 332 g/mol. The van der Waals surface area contributed by atoms with Gasteiger partial charge in [0.1, 0.15) is 5.72 Å². The first kappa shape index (κ1) is 20.1. The van der Waals surface area contributed by atoms with Gasteiger partial charge in [0.05, 0.1) is 13.7 Å². The van der Waals surface area contributed by atoms with Gasteiger partial charge in [-0.15, -0.1) is 0 Å². The molecule has 6 nitrogen and oxygen atoms in total. The van der Waals surface area contributed by atoms with Crippen molar-refractivity contribution in [1.82, 2.24) is 9.96 Å². The molecule has 3 fully saturated rings. The molecule has 26 heavy (non-hydrogen) atoms. The fourth-order valence-corrected chi connectivity index (χ4v) is 5.78. The molecule has 6 heteroatoms. The van der Waals surface area contributed by atoms with Gasteiger partial charge in [-0.05, 0) is 52.9 Å². The highest BCUT2D eigenvalue weighted by Crippen LogP contribution is 2.56. The Morgan fingerprint density at radius 2 is 1.69 bits per heavy atom. The third kappa shape index (κ3) is 2.99. The normalized spacial score (nSPS) is 30.0. The summed E-state index contributed by atoms with van der Waals surface area (Å²) in [5.74, 6) is 0.456. The summed E-state index contributed by atoms with van der Waals surface area (Å²) in [5.41, 5.74) is -1.73. The van der Waals surface area contributed by atoms with E-state index in [9.17, 15) is 4.79 Å². The quantitative estimate of drug-likeness (QED) is 0.747. The lowest BCUT2D eigenvalue weighted by Gasteiger charge is -2.56. The van der Waals surface area contributed by atoms with Crippen LogP contribution in [0.5, 0.6) is 0 Å². The molecule has 1 unspecified atom stereocenters. The number of carbonyl (C=O) groups excluding carboxylic acids is 1. The third-order valence-corrected chi connectivity index (χ3v) is 6.31. The van der Waals surface area contributed by atoms with Crippen molar-refractivity contribution >= 4 is 5.91 Å². The minimum atomic E-state index is -0.755. The summed E-state index contributed by atoms with van der Waals surface area (Å²) < 4.78 is 12.0. The molecule has 1 saturated carbocycles. The fourth-order valence-electron chi connectivity index (χ4n) is 5.78. The van der Waals surface area contributed by atoms with Crippen LogP contribution in [0.1, 0.15) is 66.7 Å². The summed E-state index contributed by atoms with van der Waals surface area (Å²) in [6.07, 6.45) is 4.29. The second-order valence-corrected chi connectivity index (χ2v) is 9.83. The monoisotopic (exact) mass is 368 g/mol. The lowest BCUT2D eigenvalue weighted by atomic mass is 9.72. The van der Waals surface area contributed by atoms with E-state index in [1.165, 1.54) is 0 Å². The van der Waals surface area contributed by atoms with Crippen molar-refractivity contribution in [2.24, 2.45) is 5.92 Å². The lowest BCUT2D eigenvalue weighted by molar-refractivity contribution is -0.302. The number of hydroxylamine groups is 2. The zero-order valence-corrected chi connectivity index (χ0v) is 17.6. The first-order valence-corrected chi connectivity index (χ1v) is 9.88. The van der Waals surface area contributed by atoms with Gasteiger partial charge in [0.25, 0.3) is 5.91 Å². The lowest BCUT2D eigenvalue weighted by Crippen LogP contribution is -2.67. The van der Waals surface area contributed by atoms with Gasteiger partial charge in [0.2, 0.25) is 0 Å². The Balaban J connectivity index is 1.92. The van der Waals surface area contributed by atoms with Crippen molar-refractivity contribution in [3.63, 3.8) is 0 Å². The van der Waals surface area contributed by atoms with Crippen LogP contribution in [-0.2, 0) is 19.1 Å². The summed E-state index contributed by atoms with van der Waals surface area (Å²) in [7, 11) is 3.43. The molecule has 2 saturated heterocycles. The maximum absolute atomic E-state index is 13.7. The number of carbonyl (C=O) groups is 1. The van der Waals surface area contributed by atoms with Crippen molar-refractivity contribution < 1.29 is 19.1 Å². The Morgan fingerprint density at radius 1 is 1.12 bits per heavy atom. The Labute approximate surface area is 158 Å². The standard InChI is InChI=1S/C20H36N2O4/c1-15(12-24-6)11-21-16(23)19(26-20(21)9-8-10-20)13-17(2,3)22(25-7)18(4,5)14-19/h15H,8-14H2,1-7H3. The molecule has 3 aliphatic rings. The van der Waals surface area contributed by atoms with Crippen LogP contribution < -0.4 is 0 Å². The van der Waals surface area contributed by atoms with Crippen LogP contribution >= 0.6 is 0 Å². The Bertz CT molecular complexity index is 538. The number of ether oxygens (including phenoxy) is 2. The van der Waals surface area contributed by atoms with E-state index in [-0.39, 0.29) is 17.0 Å². The average molecular weight is 369 g/mol. The van der Waals surface area contributed by atoms with E-state index in [1.807, 2.05) is 9.96 Å². The first-order valence-electron chi connectivity index (χ1n) is 9.88. The number of methoxy groups -OCH3 is 1. The topological polar surface area (TPSA) is 51.2 Å². The average Bonchev–Trinajstić information content (AvgIpc) is 2.67. The predicted molar refractivity (Wildman–Crippen MR) is 99.4 cm³/mol. The molecule has 2 heterocycles. The fraction of sp³-hybridized carbons (Fsp3) is 0.950. The van der Waals surface area contributed by atoms with Gasteiger partial charge in [-0.3, -0.25) is 4.79 Å². The van der Waals surface area contributed by atoms with Crippen molar-refractivity contribution in [2.45, 2.75) is 89.1 Å². The number of rotatable bonds is 5. The van der Waals surface area contributed by atoms with E-state index in [0.29, 0.717) is 31.9 Å². The highest BCUT2D eigenvalue weighted by molar-refractivity contribution is 5.88. The van der Waals surface area contributed by atoms with Gasteiger partial charge in [0.15, 0.2) is 5.60 Å². The zero-order valence-electron chi connectivity index (χ0n) is 17.6. The Hall–Kier alpha value is -0.690. The molecule has 2 spiro atoms. The molecule has 0 N–H and O–H groups in total. The Kier molecular flexibility index (Phi) is 4.96. The number of amides is 1. The highest BCUT2D eigenvalue weighted by Gasteiger charge is 2.68. The largest absolute Gasteiger partial charge is 0.384 e. The molecule has 1 amide bonds. The summed E-state index contributed by atoms with van der Waals surface area (Å²) in [6.45, 7) is 12.0. The molecule has 2 aliphatic heterocycles. The maximum atomic E-state index is 13.7. The van der Waals surface area contributed by atoms with Gasteiger partial charge >= 0.3 is 0 Å². The van der Waals surface area contributed by atoms with Crippen molar-refractivity contribution in [1.29, 1.82) is 0 Å². The molecule has 0 aromatic rings. The van der Waals surface area contributed by atoms with Gasteiger partial charge in [-0.2, -0.15) is 5.06 Å². The van der Waals surface area contributed by atoms with Crippen molar-refractivity contribution in [3.05, 3.63) is 0 Å². The maximum Gasteiger partial charge on any atom is 0.257 e. The van der Waals surface area contributed by atoms with Crippen molar-refractivity contribution in [3.8, 4) is 0 Å². The van der Waals surface area contributed by atoms with Crippen molar-refractivity contribution in [2.75, 3.05) is 27.4 Å². The number of nitrogens with zero attached hydrogens (tertiary/aromatic N) is 2. The van der Waals surface area contributed by atoms with Crippen LogP contribution in [-0.4, -0.2) is 65.6 Å². The molecule has 1 atom stereocenters. The van der Waals surface area contributed by atoms with Crippen LogP contribution in [0.25, 0.3) is 0 Å². The third-order valence-electron chi connectivity index (χ3n) is 6.31. The summed E-state index contributed by atoms with van der Waals surface area (Å²) >= 11 is 0. The minimum absolute atomic E-state index is 0.164. The Morgan fingerprint density at radius 3 is 2.12 bits per heavy atom. The highest BCUT2D eigenvalue weighted by atomic mass is 16.7. The van der Waals surface area contributed by atoms with E-state index >= 15 is 0 Å². The number of hydrogen-bond acceptors (Lipinski definition) is 5. The molecule has 0 bridgehead atoms. The van der Waals surface area contributed by atoms with Gasteiger partial charge in [-0.25, -0.2) is 0 Å². The first-order chi connectivity index (χ1) is 12.0. The molecule has 3 rings (SSSR count). The van der Waals surface area contributed by atoms with Crippen LogP contribution in [0.15, 0.2) is 0 Å². The zero-order chi connectivity index (χ0) is 19.4. The van der Waals surface area contributed by atoms with Gasteiger partial charge in [0, 0.05) is 37.6 Å². The van der Waals surface area contributed by atoms with E-state index < -0.39 is 11.3 Å². The van der Waals surface area contributed by atoms with E-state index in [0.717, 1.165) is 19.3 Å². The minimum Gasteiger partial charge on any atom is -0.384 e. The van der Waals surface area contributed by atoms with Crippen LogP contribution in [0, 0.1) is 5.92 Å². The molecule has 0 radical (unpaired) electrons. The smallest absolute Gasteiger partial charge is 0.257 e. The number of hydrogen-bond donors (Lipinski definition) is 0. The van der Waals surface area contributed by atoms with Crippen LogP contribution in [0.4, 0.5) is 0 Å². The molecular formula is C20H36N2O4. The SMILES string of the molecule is COCC(C)CN1C(=O)C2(CC(C)(C)N(OC)C(C)(C)C2)OC12CCC2. The van der Waals surface area contributed by atoms with Crippen LogP contribution in [0.3, 0.4) is 0 Å². The summed E-state index contributed by atoms with van der Waals surface area (Å²) in [5, 5.41) is 2.03. The van der Waals surface area contributed by atoms with Gasteiger partial charge < -0.3 is 19.2 Å². The second kappa shape index (κ2) is 6.43.